The van der Waals surface area contributed by atoms with E-state index in [4.69, 9.17) is 5.26 Å². The Hall–Kier alpha value is -2.35. The Balaban J connectivity index is 1.99. The fraction of sp³-hybridized carbons (Fsp3) is 0.231. The van der Waals surface area contributed by atoms with Crippen LogP contribution < -0.4 is 5.32 Å². The monoisotopic (exact) mass is 244 g/mol. The molecular formula is C13H13FN4. The number of hydrogen-bond acceptors (Lipinski definition) is 3. The maximum Gasteiger partial charge on any atom is 0.143 e. The lowest BCUT2D eigenvalue weighted by Crippen LogP contribution is -2.06. The van der Waals surface area contributed by atoms with Gasteiger partial charge in [-0.1, -0.05) is 6.07 Å². The zero-order chi connectivity index (χ0) is 13.0. The lowest BCUT2D eigenvalue weighted by atomic mass is 10.1. The second-order valence-electron chi connectivity index (χ2n) is 3.97. The van der Waals surface area contributed by atoms with Crippen LogP contribution in [0.3, 0.4) is 0 Å². The van der Waals surface area contributed by atoms with E-state index in [1.807, 2.05) is 19.3 Å². The van der Waals surface area contributed by atoms with Crippen LogP contribution in [0.4, 0.5) is 10.1 Å². The molecule has 0 saturated carbocycles. The lowest BCUT2D eigenvalue weighted by Gasteiger charge is -2.07. The first kappa shape index (κ1) is 12.1. The fourth-order valence-electron chi connectivity index (χ4n) is 1.73. The number of aromatic nitrogens is 2. The van der Waals surface area contributed by atoms with Crippen molar-refractivity contribution in [2.75, 3.05) is 11.9 Å². The minimum absolute atomic E-state index is 0.0590. The van der Waals surface area contributed by atoms with Crippen LogP contribution in [0, 0.1) is 17.1 Å². The van der Waals surface area contributed by atoms with Gasteiger partial charge in [0.25, 0.3) is 0 Å². The molecule has 0 atom stereocenters. The van der Waals surface area contributed by atoms with E-state index in [1.165, 1.54) is 6.07 Å². The molecule has 1 aromatic carbocycles. The Bertz CT molecular complexity index is 583. The molecule has 0 fully saturated rings. The van der Waals surface area contributed by atoms with Crippen LogP contribution in [-0.4, -0.2) is 16.3 Å². The van der Waals surface area contributed by atoms with Gasteiger partial charge in [0.15, 0.2) is 0 Å². The molecule has 0 unspecified atom stereocenters. The van der Waals surface area contributed by atoms with Crippen LogP contribution in [0.25, 0.3) is 0 Å². The van der Waals surface area contributed by atoms with E-state index in [-0.39, 0.29) is 5.56 Å². The number of aryl methyl sites for hydroxylation is 1. The fourth-order valence-corrected chi connectivity index (χ4v) is 1.73. The normalized spacial score (nSPS) is 10.1. The van der Waals surface area contributed by atoms with Crippen molar-refractivity contribution in [3.63, 3.8) is 0 Å². The van der Waals surface area contributed by atoms with E-state index in [1.54, 1.807) is 23.0 Å². The summed E-state index contributed by atoms with van der Waals surface area (Å²) in [6.07, 6.45) is 4.49. The molecule has 92 valence electrons. The van der Waals surface area contributed by atoms with E-state index in [0.717, 1.165) is 12.0 Å². The van der Waals surface area contributed by atoms with Gasteiger partial charge in [-0.15, -0.1) is 0 Å². The highest BCUT2D eigenvalue weighted by molar-refractivity contribution is 5.57. The highest BCUT2D eigenvalue weighted by Gasteiger charge is 2.06. The number of nitrogens with one attached hydrogen (secondary N) is 1. The largest absolute Gasteiger partial charge is 0.384 e. The Morgan fingerprint density at radius 3 is 3.00 bits per heavy atom. The second-order valence-corrected chi connectivity index (χ2v) is 3.97. The Morgan fingerprint density at radius 1 is 1.50 bits per heavy atom. The quantitative estimate of drug-likeness (QED) is 0.896. The van der Waals surface area contributed by atoms with Gasteiger partial charge in [0, 0.05) is 19.8 Å². The molecule has 0 amide bonds. The Labute approximate surface area is 105 Å². The van der Waals surface area contributed by atoms with E-state index < -0.39 is 5.82 Å². The summed E-state index contributed by atoms with van der Waals surface area (Å²) in [6, 6.07) is 6.43. The molecular weight excluding hydrogens is 231 g/mol. The summed E-state index contributed by atoms with van der Waals surface area (Å²) in [5.41, 5.74) is 1.69. The third-order valence-corrected chi connectivity index (χ3v) is 2.61. The first-order valence-electron chi connectivity index (χ1n) is 5.60. The molecule has 1 N–H and O–H groups in total. The first-order valence-corrected chi connectivity index (χ1v) is 5.60. The minimum atomic E-state index is -0.496. The summed E-state index contributed by atoms with van der Waals surface area (Å²) in [7, 11) is 1.86. The van der Waals surface area contributed by atoms with Crippen molar-refractivity contribution in [1.29, 1.82) is 5.26 Å². The predicted octanol–water partition coefficient (Wildman–Crippen LogP) is 2.09. The summed E-state index contributed by atoms with van der Waals surface area (Å²) < 4.78 is 15.1. The van der Waals surface area contributed by atoms with Gasteiger partial charge in [-0.3, -0.25) is 4.68 Å². The van der Waals surface area contributed by atoms with Crippen molar-refractivity contribution < 1.29 is 4.39 Å². The first-order chi connectivity index (χ1) is 8.70. The summed E-state index contributed by atoms with van der Waals surface area (Å²) in [6.45, 7) is 0.629. The van der Waals surface area contributed by atoms with Gasteiger partial charge in [0.1, 0.15) is 17.4 Å². The third kappa shape index (κ3) is 2.66. The van der Waals surface area contributed by atoms with Gasteiger partial charge < -0.3 is 5.32 Å². The average Bonchev–Trinajstić information content (AvgIpc) is 2.75. The molecule has 18 heavy (non-hydrogen) atoms. The van der Waals surface area contributed by atoms with E-state index in [2.05, 4.69) is 10.4 Å². The number of rotatable bonds is 4. The molecule has 0 aliphatic rings. The van der Waals surface area contributed by atoms with Crippen LogP contribution in [-0.2, 0) is 13.5 Å². The van der Waals surface area contributed by atoms with Crippen molar-refractivity contribution in [3.8, 4) is 6.07 Å². The molecule has 0 aliphatic heterocycles. The maximum atomic E-state index is 13.3. The van der Waals surface area contributed by atoms with Crippen LogP contribution >= 0.6 is 0 Å². The zero-order valence-corrected chi connectivity index (χ0v) is 10.0. The Kier molecular flexibility index (Phi) is 3.58. The summed E-state index contributed by atoms with van der Waals surface area (Å²) in [5.74, 6) is -0.496. The predicted molar refractivity (Wildman–Crippen MR) is 66.5 cm³/mol. The molecule has 0 aliphatic carbocycles. The minimum Gasteiger partial charge on any atom is -0.384 e. The maximum absolute atomic E-state index is 13.3. The Morgan fingerprint density at radius 2 is 2.33 bits per heavy atom. The van der Waals surface area contributed by atoms with Crippen LogP contribution in [0.1, 0.15) is 11.1 Å². The highest BCUT2D eigenvalue weighted by Crippen LogP contribution is 2.17. The van der Waals surface area contributed by atoms with Crippen molar-refractivity contribution in [3.05, 3.63) is 47.5 Å². The smallest absolute Gasteiger partial charge is 0.143 e. The summed E-state index contributed by atoms with van der Waals surface area (Å²) in [4.78, 5) is 0. The highest BCUT2D eigenvalue weighted by atomic mass is 19.1. The summed E-state index contributed by atoms with van der Waals surface area (Å²) in [5, 5.41) is 16.0. The lowest BCUT2D eigenvalue weighted by molar-refractivity contribution is 0.624. The topological polar surface area (TPSA) is 53.6 Å². The van der Waals surface area contributed by atoms with Crippen molar-refractivity contribution >= 4 is 5.69 Å². The number of nitrogens with zero attached hydrogens (tertiary/aromatic N) is 3. The third-order valence-electron chi connectivity index (χ3n) is 2.61. The van der Waals surface area contributed by atoms with Gasteiger partial charge in [0.2, 0.25) is 0 Å². The van der Waals surface area contributed by atoms with Gasteiger partial charge in [0.05, 0.1) is 11.9 Å². The van der Waals surface area contributed by atoms with Gasteiger partial charge in [-0.25, -0.2) is 4.39 Å². The SMILES string of the molecule is Cn1cc(CCNc2cccc(F)c2C#N)cn1. The van der Waals surface area contributed by atoms with Crippen molar-refractivity contribution in [2.24, 2.45) is 7.05 Å². The molecule has 1 heterocycles. The van der Waals surface area contributed by atoms with Crippen molar-refractivity contribution in [2.45, 2.75) is 6.42 Å². The number of nitriles is 1. The molecule has 2 rings (SSSR count). The molecule has 0 radical (unpaired) electrons. The standard InChI is InChI=1S/C13H13FN4/c1-18-9-10(8-17-18)5-6-16-13-4-2-3-12(14)11(13)7-15/h2-4,8-9,16H,5-6H2,1H3. The van der Waals surface area contributed by atoms with Gasteiger partial charge >= 0.3 is 0 Å². The average molecular weight is 244 g/mol. The molecule has 0 saturated heterocycles. The molecule has 5 heteroatoms. The number of anilines is 1. The van der Waals surface area contributed by atoms with Crippen LogP contribution in [0.5, 0.6) is 0 Å². The number of hydrogen-bond donors (Lipinski definition) is 1. The zero-order valence-electron chi connectivity index (χ0n) is 10.0. The summed E-state index contributed by atoms with van der Waals surface area (Å²) >= 11 is 0. The van der Waals surface area contributed by atoms with Gasteiger partial charge in [-0.2, -0.15) is 10.4 Å². The van der Waals surface area contributed by atoms with E-state index >= 15 is 0 Å². The van der Waals surface area contributed by atoms with Gasteiger partial charge in [-0.05, 0) is 24.1 Å². The van der Waals surface area contributed by atoms with Crippen LogP contribution in [0.2, 0.25) is 0 Å². The van der Waals surface area contributed by atoms with Crippen molar-refractivity contribution in [1.82, 2.24) is 9.78 Å². The molecule has 0 spiro atoms. The molecule has 2 aromatic rings. The van der Waals surface area contributed by atoms with Crippen LogP contribution in [0.15, 0.2) is 30.6 Å². The molecule has 4 nitrogen and oxygen atoms in total. The second kappa shape index (κ2) is 5.32. The molecule has 0 bridgehead atoms. The molecule has 1 aromatic heterocycles. The number of benzene rings is 1. The van der Waals surface area contributed by atoms with E-state index in [0.29, 0.717) is 12.2 Å². The van der Waals surface area contributed by atoms with E-state index in [9.17, 15) is 4.39 Å². The number of halogens is 1.